The van der Waals surface area contributed by atoms with Crippen molar-refractivity contribution < 1.29 is 14.6 Å². The molecule has 4 aliphatic rings. The van der Waals surface area contributed by atoms with Crippen molar-refractivity contribution in [3.05, 3.63) is 82.5 Å². The van der Waals surface area contributed by atoms with E-state index in [1.807, 2.05) is 42.7 Å². The van der Waals surface area contributed by atoms with Crippen LogP contribution >= 0.6 is 0 Å². The first-order valence-electron chi connectivity index (χ1n) is 13.5. The fourth-order valence-electron chi connectivity index (χ4n) is 6.80. The maximum atomic E-state index is 11.6. The van der Waals surface area contributed by atoms with E-state index in [4.69, 9.17) is 20.9 Å². The number of allylic oxidation sites excluding steroid dienone is 2. The molecule has 5 heterocycles. The van der Waals surface area contributed by atoms with E-state index in [2.05, 4.69) is 20.6 Å². The van der Waals surface area contributed by atoms with E-state index >= 15 is 0 Å². The van der Waals surface area contributed by atoms with Crippen LogP contribution in [0.3, 0.4) is 0 Å². The third kappa shape index (κ3) is 3.00. The number of benzene rings is 2. The minimum atomic E-state index is -1.54. The van der Waals surface area contributed by atoms with E-state index < -0.39 is 5.79 Å². The summed E-state index contributed by atoms with van der Waals surface area (Å²) >= 11 is 0. The zero-order chi connectivity index (χ0) is 26.3. The lowest BCUT2D eigenvalue weighted by molar-refractivity contribution is -0.0731. The molecule has 1 spiro atoms. The van der Waals surface area contributed by atoms with E-state index in [-0.39, 0.29) is 11.9 Å². The number of fused-ring (bicyclic) bond motifs is 10. The van der Waals surface area contributed by atoms with Crippen LogP contribution in [0.5, 0.6) is 11.5 Å². The summed E-state index contributed by atoms with van der Waals surface area (Å²) in [7, 11) is 0. The lowest BCUT2D eigenvalue weighted by atomic mass is 9.92. The molecule has 39 heavy (non-hydrogen) atoms. The molecule has 2 aromatic carbocycles. The molecule has 0 radical (unpaired) electrons. The summed E-state index contributed by atoms with van der Waals surface area (Å²) in [5.74, 6) is -0.261. The second kappa shape index (κ2) is 8.16. The largest absolute Gasteiger partial charge is 0.505 e. The summed E-state index contributed by atoms with van der Waals surface area (Å²) in [5, 5.41) is 20.7. The number of nitrogens with one attached hydrogen (secondary N) is 4. The van der Waals surface area contributed by atoms with Crippen LogP contribution in [-0.4, -0.2) is 46.7 Å². The standard InChI is InChI=1S/C30H30N6O3/c31-10-7-15-13-34-18-1-4-21-26(24(15)18)27-22(5-2-19-25(27)16(8-11-32)14-35-19)39-30(38-21)23(37)6-3-20-28(30)17-9-12-33-29(17)36-20/h1-6,13-14,29,33-37H,7-12,31-32H2. The molecule has 9 nitrogen and oxygen atoms in total. The molecule has 1 saturated heterocycles. The summed E-state index contributed by atoms with van der Waals surface area (Å²) in [6.07, 6.45) is 9.85. The first-order valence-corrected chi connectivity index (χ1v) is 13.5. The van der Waals surface area contributed by atoms with Crippen molar-refractivity contribution in [2.75, 3.05) is 19.6 Å². The van der Waals surface area contributed by atoms with E-state index in [0.717, 1.165) is 73.9 Å². The third-order valence-electron chi connectivity index (χ3n) is 8.42. The molecular formula is C30H30N6O3. The lowest BCUT2D eigenvalue weighted by Crippen LogP contribution is -2.48. The molecule has 9 N–H and O–H groups in total. The highest BCUT2D eigenvalue weighted by molar-refractivity contribution is 6.11. The summed E-state index contributed by atoms with van der Waals surface area (Å²) in [6, 6.07) is 7.99. The van der Waals surface area contributed by atoms with E-state index in [9.17, 15) is 5.11 Å². The molecule has 9 heteroatoms. The Morgan fingerprint density at radius 3 is 2.08 bits per heavy atom. The quantitative estimate of drug-likeness (QED) is 0.218. The Kier molecular flexibility index (Phi) is 4.76. The molecule has 2 aromatic heterocycles. The molecule has 1 fully saturated rings. The van der Waals surface area contributed by atoms with Gasteiger partial charge in [0.25, 0.3) is 0 Å². The molecule has 0 amide bonds. The zero-order valence-electron chi connectivity index (χ0n) is 21.4. The van der Waals surface area contributed by atoms with Gasteiger partial charge in [-0.25, -0.2) is 0 Å². The minimum absolute atomic E-state index is 0.00888. The molecule has 0 bridgehead atoms. The van der Waals surface area contributed by atoms with Crippen molar-refractivity contribution >= 4 is 21.8 Å². The number of aromatic nitrogens is 2. The molecule has 1 aliphatic carbocycles. The second-order valence-electron chi connectivity index (χ2n) is 10.6. The predicted molar refractivity (Wildman–Crippen MR) is 150 cm³/mol. The van der Waals surface area contributed by atoms with Crippen molar-refractivity contribution in [1.29, 1.82) is 0 Å². The lowest BCUT2D eigenvalue weighted by Gasteiger charge is -2.36. The number of rotatable bonds is 4. The van der Waals surface area contributed by atoms with Gasteiger partial charge in [0.15, 0.2) is 5.76 Å². The van der Waals surface area contributed by atoms with Crippen LogP contribution in [0.1, 0.15) is 17.5 Å². The van der Waals surface area contributed by atoms with Crippen molar-refractivity contribution in [2.45, 2.75) is 31.2 Å². The van der Waals surface area contributed by atoms with Crippen molar-refractivity contribution in [3.8, 4) is 22.6 Å². The number of aliphatic hydroxyl groups is 1. The van der Waals surface area contributed by atoms with Gasteiger partial charge in [0.1, 0.15) is 17.7 Å². The van der Waals surface area contributed by atoms with Gasteiger partial charge in [-0.05, 0) is 85.5 Å². The smallest absolute Gasteiger partial charge is 0.340 e. The molecule has 3 aliphatic heterocycles. The first kappa shape index (κ1) is 22.8. The van der Waals surface area contributed by atoms with Crippen molar-refractivity contribution in [1.82, 2.24) is 20.6 Å². The Labute approximate surface area is 224 Å². The maximum absolute atomic E-state index is 11.6. The molecule has 198 valence electrons. The average molecular weight is 523 g/mol. The molecule has 1 atom stereocenters. The number of H-pyrrole nitrogens is 2. The number of hydrogen-bond donors (Lipinski definition) is 7. The van der Waals surface area contributed by atoms with Gasteiger partial charge in [-0.3, -0.25) is 5.32 Å². The van der Waals surface area contributed by atoms with Crippen LogP contribution < -0.4 is 31.6 Å². The van der Waals surface area contributed by atoms with Gasteiger partial charge in [-0.2, -0.15) is 0 Å². The van der Waals surface area contributed by atoms with Crippen LogP contribution in [0.4, 0.5) is 0 Å². The number of ether oxygens (including phenoxy) is 2. The second-order valence-corrected chi connectivity index (χ2v) is 10.6. The first-order chi connectivity index (χ1) is 19.1. The van der Waals surface area contributed by atoms with Gasteiger partial charge in [0.05, 0.1) is 5.57 Å². The SMILES string of the molecule is NCCc1c[nH]c2ccc3c(c12)-c1c(ccc2[nH]cc(CCN)c12)OC1(O3)C(O)=CC=C2NC3NCCC3=C21. The number of aliphatic hydroxyl groups excluding tert-OH is 1. The molecule has 1 unspecified atom stereocenters. The van der Waals surface area contributed by atoms with E-state index in [1.54, 1.807) is 6.08 Å². The van der Waals surface area contributed by atoms with Gasteiger partial charge in [-0.15, -0.1) is 0 Å². The topological polar surface area (TPSA) is 146 Å². The summed E-state index contributed by atoms with van der Waals surface area (Å²) in [5.41, 5.74) is 21.0. The predicted octanol–water partition coefficient (Wildman–Crippen LogP) is 3.34. The van der Waals surface area contributed by atoms with Crippen LogP contribution in [0.15, 0.2) is 71.4 Å². The Morgan fingerprint density at radius 2 is 1.49 bits per heavy atom. The van der Waals surface area contributed by atoms with Crippen LogP contribution in [-0.2, 0) is 12.8 Å². The van der Waals surface area contributed by atoms with Gasteiger partial charge >= 0.3 is 5.79 Å². The van der Waals surface area contributed by atoms with E-state index in [1.165, 1.54) is 0 Å². The zero-order valence-corrected chi connectivity index (χ0v) is 21.4. The normalized spacial score (nSPS) is 20.5. The highest BCUT2D eigenvalue weighted by Crippen LogP contribution is 2.55. The Bertz CT molecular complexity index is 1680. The minimum Gasteiger partial charge on any atom is -0.505 e. The van der Waals surface area contributed by atoms with Gasteiger partial charge < -0.3 is 41.3 Å². The Morgan fingerprint density at radius 1 is 0.872 bits per heavy atom. The highest BCUT2D eigenvalue weighted by atomic mass is 16.7. The monoisotopic (exact) mass is 522 g/mol. The van der Waals surface area contributed by atoms with Crippen molar-refractivity contribution in [3.63, 3.8) is 0 Å². The van der Waals surface area contributed by atoms with Gasteiger partial charge in [-0.1, -0.05) is 0 Å². The molecule has 0 saturated carbocycles. The molecule has 4 aromatic rings. The summed E-state index contributed by atoms with van der Waals surface area (Å²) < 4.78 is 13.9. The molecular weight excluding hydrogens is 492 g/mol. The molecule has 8 rings (SSSR count). The number of nitrogens with two attached hydrogens (primary N) is 2. The van der Waals surface area contributed by atoms with Crippen LogP contribution in [0, 0.1) is 0 Å². The highest BCUT2D eigenvalue weighted by Gasteiger charge is 2.55. The fraction of sp³-hybridized carbons (Fsp3) is 0.267. The Balaban J connectivity index is 1.49. The third-order valence-corrected chi connectivity index (χ3v) is 8.42. The number of hydrogen-bond acceptors (Lipinski definition) is 7. The summed E-state index contributed by atoms with van der Waals surface area (Å²) in [6.45, 7) is 1.88. The van der Waals surface area contributed by atoms with Crippen molar-refractivity contribution in [2.24, 2.45) is 11.5 Å². The van der Waals surface area contributed by atoms with Gasteiger partial charge in [0.2, 0.25) is 0 Å². The van der Waals surface area contributed by atoms with Crippen LogP contribution in [0.2, 0.25) is 0 Å². The summed E-state index contributed by atoms with van der Waals surface area (Å²) in [4.78, 5) is 6.85. The maximum Gasteiger partial charge on any atom is 0.340 e. The fourth-order valence-corrected chi connectivity index (χ4v) is 6.80. The van der Waals surface area contributed by atoms with Gasteiger partial charge in [0, 0.05) is 57.6 Å². The Hall–Kier alpha value is -4.18. The van der Waals surface area contributed by atoms with Crippen LogP contribution in [0.25, 0.3) is 32.9 Å². The average Bonchev–Trinajstić information content (AvgIpc) is 3.70. The van der Waals surface area contributed by atoms with E-state index in [0.29, 0.717) is 37.4 Å². The number of aromatic amines is 2.